The summed E-state index contributed by atoms with van der Waals surface area (Å²) in [6.45, 7) is 1.95. The molecule has 1 aromatic rings. The van der Waals surface area contributed by atoms with Crippen LogP contribution in [-0.2, 0) is 4.74 Å². The van der Waals surface area contributed by atoms with Crippen LogP contribution in [0.25, 0.3) is 0 Å². The molecule has 0 aromatic heterocycles. The number of thioether (sulfide) groups is 1. The first-order chi connectivity index (χ1) is 12.0. The smallest absolute Gasteiger partial charge is 0.414 e. The van der Waals surface area contributed by atoms with Gasteiger partial charge >= 0.3 is 12.2 Å². The number of benzene rings is 1. The molecule has 4 rings (SSSR count). The van der Waals surface area contributed by atoms with E-state index < -0.39 is 18.3 Å². The van der Waals surface area contributed by atoms with Crippen LogP contribution in [0, 0.1) is 11.2 Å². The summed E-state index contributed by atoms with van der Waals surface area (Å²) in [6.07, 6.45) is -2.36. The maximum Gasteiger partial charge on any atom is 0.414 e. The number of nitrogens with one attached hydrogen (secondary N) is 1. The van der Waals surface area contributed by atoms with E-state index in [0.717, 1.165) is 24.6 Å². The number of carbonyl (C=O) groups is 2. The van der Waals surface area contributed by atoms with Gasteiger partial charge in [-0.05, 0) is 18.2 Å². The number of rotatable bonds is 4. The van der Waals surface area contributed by atoms with Gasteiger partial charge in [0.15, 0.2) is 0 Å². The Hall–Kier alpha value is -2.16. The van der Waals surface area contributed by atoms with Crippen molar-refractivity contribution in [1.82, 2.24) is 5.32 Å². The molecule has 0 radical (unpaired) electrons. The lowest BCUT2D eigenvalue weighted by Gasteiger charge is -2.56. The topological polar surface area (TPSA) is 82.1 Å². The third-order valence-corrected chi connectivity index (χ3v) is 6.44. The molecule has 3 fully saturated rings. The fourth-order valence-corrected chi connectivity index (χ4v) is 4.61. The van der Waals surface area contributed by atoms with Crippen LogP contribution in [0.5, 0.6) is 0 Å². The number of nitrogens with zero attached hydrogens (tertiary/aromatic N) is 2. The second-order valence-electron chi connectivity index (χ2n) is 6.79. The molecule has 3 aliphatic rings. The van der Waals surface area contributed by atoms with E-state index in [1.54, 1.807) is 12.1 Å². The van der Waals surface area contributed by atoms with E-state index in [0.29, 0.717) is 16.8 Å². The summed E-state index contributed by atoms with van der Waals surface area (Å²) in [4.78, 5) is 25.8. The SMILES string of the molecule is O=C(O)NCC1CN(c2ccc(N3CC4(CSC4)C3)c(F)c2)C(=O)O1. The van der Waals surface area contributed by atoms with Gasteiger partial charge in [0.05, 0.1) is 24.5 Å². The highest BCUT2D eigenvalue weighted by Gasteiger charge is 2.48. The van der Waals surface area contributed by atoms with Crippen molar-refractivity contribution in [2.45, 2.75) is 6.10 Å². The first-order valence-corrected chi connectivity index (χ1v) is 9.18. The summed E-state index contributed by atoms with van der Waals surface area (Å²) in [5.41, 5.74) is 1.35. The van der Waals surface area contributed by atoms with Gasteiger partial charge in [-0.1, -0.05) is 0 Å². The standard InChI is InChI=1S/C16H18FN3O4S/c17-12-3-10(20-5-11(24-15(20)23)4-18-14(21)22)1-2-13(12)19-6-16(7-19)8-25-9-16/h1-3,11,18H,4-9H2,(H,21,22). The zero-order valence-corrected chi connectivity index (χ0v) is 14.2. The summed E-state index contributed by atoms with van der Waals surface area (Å²) < 4.78 is 19.6. The predicted molar refractivity (Wildman–Crippen MR) is 92.0 cm³/mol. The van der Waals surface area contributed by atoms with Crippen molar-refractivity contribution in [1.29, 1.82) is 0 Å². The number of carbonyl (C=O) groups excluding carboxylic acids is 1. The lowest BCUT2D eigenvalue weighted by Crippen LogP contribution is -2.63. The molecule has 2 N–H and O–H groups in total. The molecule has 25 heavy (non-hydrogen) atoms. The number of hydrogen-bond acceptors (Lipinski definition) is 5. The number of hydrogen-bond donors (Lipinski definition) is 2. The minimum atomic E-state index is -1.18. The van der Waals surface area contributed by atoms with Crippen molar-refractivity contribution < 1.29 is 23.8 Å². The number of cyclic esters (lactones) is 1. The molecule has 0 saturated carbocycles. The van der Waals surface area contributed by atoms with Gasteiger partial charge in [-0.2, -0.15) is 11.8 Å². The molecule has 1 unspecified atom stereocenters. The third kappa shape index (κ3) is 2.97. The maximum atomic E-state index is 14.5. The van der Waals surface area contributed by atoms with Gasteiger partial charge in [0, 0.05) is 30.0 Å². The molecule has 1 spiro atoms. The van der Waals surface area contributed by atoms with Gasteiger partial charge in [0.2, 0.25) is 0 Å². The lowest BCUT2D eigenvalue weighted by atomic mass is 9.82. The molecule has 1 aromatic carbocycles. The Balaban J connectivity index is 1.42. The van der Waals surface area contributed by atoms with Gasteiger partial charge in [-0.25, -0.2) is 14.0 Å². The van der Waals surface area contributed by atoms with E-state index in [4.69, 9.17) is 9.84 Å². The number of anilines is 2. The Morgan fingerprint density at radius 1 is 1.44 bits per heavy atom. The average Bonchev–Trinajstić information content (AvgIpc) is 2.85. The van der Waals surface area contributed by atoms with Crippen LogP contribution in [-0.4, -0.2) is 61.1 Å². The van der Waals surface area contributed by atoms with Crippen molar-refractivity contribution in [3.8, 4) is 0 Å². The molecule has 3 aliphatic heterocycles. The van der Waals surface area contributed by atoms with Crippen molar-refractivity contribution in [3.05, 3.63) is 24.0 Å². The fourth-order valence-electron chi connectivity index (χ4n) is 3.47. The third-order valence-electron chi connectivity index (χ3n) is 4.81. The van der Waals surface area contributed by atoms with Gasteiger partial charge in [-0.15, -0.1) is 0 Å². The summed E-state index contributed by atoms with van der Waals surface area (Å²) in [6, 6.07) is 4.73. The second-order valence-corrected chi connectivity index (χ2v) is 7.77. The van der Waals surface area contributed by atoms with Gasteiger partial charge < -0.3 is 20.1 Å². The average molecular weight is 367 g/mol. The van der Waals surface area contributed by atoms with Crippen LogP contribution in [0.2, 0.25) is 0 Å². The van der Waals surface area contributed by atoms with Crippen molar-refractivity contribution in [2.75, 3.05) is 47.5 Å². The molecule has 3 saturated heterocycles. The Labute approximate surface area is 148 Å². The molecule has 7 nitrogen and oxygen atoms in total. The molecular formula is C16H18FN3O4S. The Kier molecular flexibility index (Phi) is 3.90. The maximum absolute atomic E-state index is 14.5. The normalized spacial score (nSPS) is 23.9. The van der Waals surface area contributed by atoms with Gasteiger partial charge in [0.25, 0.3) is 0 Å². The molecular weight excluding hydrogens is 349 g/mol. The fraction of sp³-hybridized carbons (Fsp3) is 0.500. The molecule has 0 bridgehead atoms. The zero-order valence-electron chi connectivity index (χ0n) is 13.4. The molecule has 1 atom stereocenters. The highest BCUT2D eigenvalue weighted by molar-refractivity contribution is 8.00. The number of halogens is 1. The minimum Gasteiger partial charge on any atom is -0.465 e. The Morgan fingerprint density at radius 3 is 2.80 bits per heavy atom. The van der Waals surface area contributed by atoms with Crippen molar-refractivity contribution in [3.63, 3.8) is 0 Å². The molecule has 134 valence electrons. The number of carboxylic acid groups (broad SMARTS) is 1. The van der Waals surface area contributed by atoms with E-state index in [-0.39, 0.29) is 18.9 Å². The summed E-state index contributed by atoms with van der Waals surface area (Å²) >= 11 is 1.93. The molecule has 3 heterocycles. The number of amides is 2. The first-order valence-electron chi connectivity index (χ1n) is 8.03. The largest absolute Gasteiger partial charge is 0.465 e. The highest BCUT2D eigenvalue weighted by atomic mass is 32.2. The van der Waals surface area contributed by atoms with Crippen LogP contribution in [0.4, 0.5) is 25.4 Å². The number of ether oxygens (including phenoxy) is 1. The lowest BCUT2D eigenvalue weighted by molar-refractivity contribution is 0.136. The molecule has 0 aliphatic carbocycles. The van der Waals surface area contributed by atoms with Crippen LogP contribution >= 0.6 is 11.8 Å². The summed E-state index contributed by atoms with van der Waals surface area (Å²) in [7, 11) is 0. The van der Waals surface area contributed by atoms with E-state index >= 15 is 0 Å². The zero-order chi connectivity index (χ0) is 17.6. The molecule has 9 heteroatoms. The monoisotopic (exact) mass is 367 g/mol. The van der Waals surface area contributed by atoms with Crippen LogP contribution in [0.3, 0.4) is 0 Å². The van der Waals surface area contributed by atoms with Crippen LogP contribution < -0.4 is 15.1 Å². The summed E-state index contributed by atoms with van der Waals surface area (Å²) in [5, 5.41) is 10.8. The van der Waals surface area contributed by atoms with E-state index in [1.165, 1.54) is 11.0 Å². The Morgan fingerprint density at radius 2 is 2.20 bits per heavy atom. The van der Waals surface area contributed by atoms with Gasteiger partial charge in [0.1, 0.15) is 11.9 Å². The van der Waals surface area contributed by atoms with Crippen molar-refractivity contribution >= 4 is 35.3 Å². The van der Waals surface area contributed by atoms with Crippen LogP contribution in [0.1, 0.15) is 0 Å². The predicted octanol–water partition coefficient (Wildman–Crippen LogP) is 1.97. The first kappa shape index (κ1) is 16.3. The minimum absolute atomic E-state index is 0.00596. The van der Waals surface area contributed by atoms with Gasteiger partial charge in [-0.3, -0.25) is 4.90 Å². The van der Waals surface area contributed by atoms with Crippen molar-refractivity contribution in [2.24, 2.45) is 5.41 Å². The second kappa shape index (κ2) is 5.98. The molecule has 2 amide bonds. The highest BCUT2D eigenvalue weighted by Crippen LogP contribution is 2.47. The van der Waals surface area contributed by atoms with E-state index in [9.17, 15) is 14.0 Å². The van der Waals surface area contributed by atoms with E-state index in [2.05, 4.69) is 5.32 Å². The Bertz CT molecular complexity index is 719. The van der Waals surface area contributed by atoms with E-state index in [1.807, 2.05) is 16.7 Å². The quantitative estimate of drug-likeness (QED) is 0.847. The summed E-state index contributed by atoms with van der Waals surface area (Å²) in [5.74, 6) is 1.93. The van der Waals surface area contributed by atoms with Crippen LogP contribution in [0.15, 0.2) is 18.2 Å².